The SMILES string of the molecule is CC(C)(C)[Si](C)(C)O[C@@H](CNCc1ccc2c(c1)CN(CCCCc1cccc(C3(C(=O)OC4CN5CCC4CC5)CCCCC3)c1)C2=O)c1ccc(O)c2[nH]c(=O)ccc12. The van der Waals surface area contributed by atoms with Crippen molar-refractivity contribution in [2.24, 2.45) is 5.92 Å². The Labute approximate surface area is 362 Å². The number of unbranched alkanes of at least 4 members (excludes halogenated alkanes) is 1. The Morgan fingerprint density at radius 1 is 0.967 bits per heavy atom. The average Bonchev–Trinajstić information content (AvgIpc) is 3.56. The van der Waals surface area contributed by atoms with E-state index in [1.807, 2.05) is 23.1 Å². The van der Waals surface area contributed by atoms with Crippen LogP contribution in [0.1, 0.15) is 123 Å². The van der Waals surface area contributed by atoms with Crippen LogP contribution in [0.2, 0.25) is 18.1 Å². The number of esters is 1. The summed E-state index contributed by atoms with van der Waals surface area (Å²) < 4.78 is 13.4. The van der Waals surface area contributed by atoms with Gasteiger partial charge in [0, 0.05) is 49.7 Å². The number of fused-ring (bicyclic) bond motifs is 5. The molecular formula is C50H66N4O6Si. The lowest BCUT2D eigenvalue weighted by molar-refractivity contribution is -0.167. The number of H-pyrrole nitrogens is 1. The second-order valence-corrected chi connectivity index (χ2v) is 24.6. The van der Waals surface area contributed by atoms with Gasteiger partial charge < -0.3 is 29.5 Å². The van der Waals surface area contributed by atoms with Gasteiger partial charge >= 0.3 is 5.97 Å². The quantitative estimate of drug-likeness (QED) is 0.0616. The molecule has 1 aliphatic carbocycles. The Bertz CT molecular complexity index is 2290. The molecule has 0 spiro atoms. The predicted octanol–water partition coefficient (Wildman–Crippen LogP) is 8.90. The molecule has 326 valence electrons. The second kappa shape index (κ2) is 17.8. The minimum absolute atomic E-state index is 0.00335. The van der Waals surface area contributed by atoms with Crippen LogP contribution in [-0.4, -0.2) is 78.9 Å². The van der Waals surface area contributed by atoms with Crippen molar-refractivity contribution in [2.75, 3.05) is 32.7 Å². The number of aromatic hydroxyl groups is 1. The fourth-order valence-corrected chi connectivity index (χ4v) is 11.4. The number of nitrogens with one attached hydrogen (secondary N) is 2. The molecule has 3 saturated heterocycles. The van der Waals surface area contributed by atoms with Crippen LogP contribution in [0, 0.1) is 5.92 Å². The first-order valence-corrected chi connectivity index (χ1v) is 25.8. The maximum Gasteiger partial charge on any atom is 0.316 e. The van der Waals surface area contributed by atoms with E-state index in [0.29, 0.717) is 37.6 Å². The Hall–Kier alpha value is -4.29. The topological polar surface area (TPSA) is 124 Å². The molecule has 3 N–H and O–H groups in total. The molecule has 61 heavy (non-hydrogen) atoms. The maximum absolute atomic E-state index is 14.1. The van der Waals surface area contributed by atoms with Crippen LogP contribution < -0.4 is 10.9 Å². The molecule has 4 aromatic rings. The fraction of sp³-hybridized carbons (Fsp3) is 0.540. The maximum atomic E-state index is 14.1. The van der Waals surface area contributed by atoms with Crippen LogP contribution in [-0.2, 0) is 38.9 Å². The molecule has 3 aromatic carbocycles. The summed E-state index contributed by atoms with van der Waals surface area (Å²) in [6.07, 6.45) is 9.76. The molecule has 1 saturated carbocycles. The number of aromatic amines is 1. The second-order valence-electron chi connectivity index (χ2n) is 19.9. The van der Waals surface area contributed by atoms with Crippen molar-refractivity contribution in [3.8, 4) is 5.75 Å². The third-order valence-electron chi connectivity index (χ3n) is 14.8. The molecule has 1 unspecified atom stereocenters. The van der Waals surface area contributed by atoms with Crippen molar-refractivity contribution in [1.82, 2.24) is 20.1 Å². The number of benzene rings is 3. The minimum atomic E-state index is -2.22. The zero-order valence-corrected chi connectivity index (χ0v) is 38.0. The van der Waals surface area contributed by atoms with E-state index in [9.17, 15) is 19.5 Å². The molecule has 1 amide bonds. The van der Waals surface area contributed by atoms with Gasteiger partial charge in [0.25, 0.3) is 5.91 Å². The van der Waals surface area contributed by atoms with Crippen LogP contribution in [0.3, 0.4) is 0 Å². The summed E-state index contributed by atoms with van der Waals surface area (Å²) >= 11 is 0. The number of carbonyl (C=O) groups excluding carboxylic acids is 2. The van der Waals surface area contributed by atoms with Crippen LogP contribution in [0.4, 0.5) is 0 Å². The molecule has 1 aromatic heterocycles. The Morgan fingerprint density at radius 3 is 2.49 bits per heavy atom. The van der Waals surface area contributed by atoms with Gasteiger partial charge in [0.1, 0.15) is 11.9 Å². The number of carbonyl (C=O) groups is 2. The smallest absolute Gasteiger partial charge is 0.316 e. The largest absolute Gasteiger partial charge is 0.506 e. The summed E-state index contributed by atoms with van der Waals surface area (Å²) in [5, 5.41) is 15.0. The van der Waals surface area contributed by atoms with Gasteiger partial charge in [-0.25, -0.2) is 0 Å². The molecule has 2 bridgehead atoms. The number of rotatable bonds is 15. The van der Waals surface area contributed by atoms with Gasteiger partial charge in [0.2, 0.25) is 5.56 Å². The summed E-state index contributed by atoms with van der Waals surface area (Å²) in [7, 11) is -2.22. The molecular weight excluding hydrogens is 781 g/mol. The fourth-order valence-electron chi connectivity index (χ4n) is 10.1. The molecule has 0 radical (unpaired) electrons. The highest BCUT2D eigenvalue weighted by Gasteiger charge is 2.46. The van der Waals surface area contributed by atoms with Crippen molar-refractivity contribution in [1.29, 1.82) is 0 Å². The number of piperidine rings is 3. The Kier molecular flexibility index (Phi) is 12.7. The zero-order chi connectivity index (χ0) is 42.9. The van der Waals surface area contributed by atoms with Gasteiger partial charge in [-0.1, -0.05) is 82.5 Å². The third kappa shape index (κ3) is 9.26. The van der Waals surface area contributed by atoms with E-state index in [-0.39, 0.29) is 40.4 Å². The van der Waals surface area contributed by atoms with E-state index in [2.05, 4.69) is 79.4 Å². The number of amides is 1. The van der Waals surface area contributed by atoms with Gasteiger partial charge in [-0.05, 0) is 128 Å². The number of aromatic nitrogens is 1. The molecule has 5 heterocycles. The average molecular weight is 847 g/mol. The molecule has 10 nitrogen and oxygen atoms in total. The van der Waals surface area contributed by atoms with Crippen molar-refractivity contribution in [3.05, 3.63) is 110 Å². The molecule has 5 aliphatic rings. The summed E-state index contributed by atoms with van der Waals surface area (Å²) in [5.74, 6) is 0.626. The Balaban J connectivity index is 0.864. The number of hydrogen-bond donors (Lipinski definition) is 3. The van der Waals surface area contributed by atoms with Gasteiger partial charge in [0.15, 0.2) is 8.32 Å². The lowest BCUT2D eigenvalue weighted by Crippen LogP contribution is -2.53. The van der Waals surface area contributed by atoms with Gasteiger partial charge in [-0.3, -0.25) is 19.3 Å². The normalized spacial score (nSPS) is 21.8. The highest BCUT2D eigenvalue weighted by Crippen LogP contribution is 2.43. The number of phenolic OH excluding ortho intramolecular Hbond substituents is 1. The van der Waals surface area contributed by atoms with E-state index in [1.54, 1.807) is 12.1 Å². The molecule has 9 rings (SSSR count). The summed E-state index contributed by atoms with van der Waals surface area (Å²) in [6.45, 7) is 16.7. The van der Waals surface area contributed by atoms with Gasteiger partial charge in [0.05, 0.1) is 17.0 Å². The van der Waals surface area contributed by atoms with Crippen molar-refractivity contribution >= 4 is 31.1 Å². The number of nitrogens with zero attached hydrogens (tertiary/aromatic N) is 2. The first kappa shape index (κ1) is 43.4. The predicted molar refractivity (Wildman–Crippen MR) is 243 cm³/mol. The van der Waals surface area contributed by atoms with Crippen molar-refractivity contribution < 1.29 is 23.9 Å². The number of pyridine rings is 1. The number of aryl methyl sites for hydroxylation is 1. The van der Waals surface area contributed by atoms with E-state index in [4.69, 9.17) is 9.16 Å². The first-order valence-electron chi connectivity index (χ1n) is 22.9. The lowest BCUT2D eigenvalue weighted by Gasteiger charge is -2.45. The summed E-state index contributed by atoms with van der Waals surface area (Å²) in [6, 6.07) is 21.7. The number of ether oxygens (including phenoxy) is 1. The molecule has 4 aliphatic heterocycles. The molecule has 4 fully saturated rings. The molecule has 2 atom stereocenters. The van der Waals surface area contributed by atoms with E-state index in [1.165, 1.54) is 18.1 Å². The van der Waals surface area contributed by atoms with Gasteiger partial charge in [-0.2, -0.15) is 0 Å². The minimum Gasteiger partial charge on any atom is -0.506 e. The lowest BCUT2D eigenvalue weighted by atomic mass is 9.69. The van der Waals surface area contributed by atoms with E-state index >= 15 is 0 Å². The highest BCUT2D eigenvalue weighted by atomic mass is 28.4. The molecule has 11 heteroatoms. The monoisotopic (exact) mass is 846 g/mol. The van der Waals surface area contributed by atoms with E-state index in [0.717, 1.165) is 111 Å². The van der Waals surface area contributed by atoms with E-state index < -0.39 is 13.7 Å². The standard InChI is InChI=1S/C50H66N4O6Si/c1-49(2,3)61(4,5)60-43(40-17-19-42(55)46-41(40)18-20-45(56)52-46)31-51-30-35-15-16-39-37(28-35)32-54(47(39)57)25-10-7-12-34-13-11-14-38(29-34)50(23-8-6-9-24-50)48(58)59-44-33-53-26-21-36(44)22-27-53/h11,13-20,28-29,36,43-44,51,55H,6-10,12,21-27,30-33H2,1-5H3,(H,52,56)/t43-,44?/m0/s1. The van der Waals surface area contributed by atoms with Crippen molar-refractivity contribution in [3.63, 3.8) is 0 Å². The summed E-state index contributed by atoms with van der Waals surface area (Å²) in [4.78, 5) is 47.0. The Morgan fingerprint density at radius 2 is 1.75 bits per heavy atom. The van der Waals surface area contributed by atoms with Crippen LogP contribution in [0.15, 0.2) is 71.5 Å². The number of hydrogen-bond acceptors (Lipinski definition) is 8. The van der Waals surface area contributed by atoms with Crippen LogP contribution in [0.25, 0.3) is 10.9 Å². The van der Waals surface area contributed by atoms with Crippen LogP contribution in [0.5, 0.6) is 5.75 Å². The van der Waals surface area contributed by atoms with Crippen molar-refractivity contribution in [2.45, 2.75) is 134 Å². The number of phenols is 1. The summed E-state index contributed by atoms with van der Waals surface area (Å²) in [5.41, 5.74) is 5.82. The zero-order valence-electron chi connectivity index (χ0n) is 37.0. The highest BCUT2D eigenvalue weighted by molar-refractivity contribution is 6.74. The third-order valence-corrected chi connectivity index (χ3v) is 19.3. The first-order chi connectivity index (χ1) is 29.2. The van der Waals surface area contributed by atoms with Gasteiger partial charge in [-0.15, -0.1) is 0 Å². The van der Waals surface area contributed by atoms with Crippen LogP contribution >= 0.6 is 0 Å².